The molecule has 23 heteroatoms. The average Bonchev–Trinajstić information content (AvgIpc) is 3.26. The Kier molecular flexibility index (Phi) is 11.1. The predicted molar refractivity (Wildman–Crippen MR) is 222 cm³/mol. The van der Waals surface area contributed by atoms with Crippen LogP contribution in [0, 0.1) is 16.2 Å². The molecule has 0 aliphatic heterocycles. The minimum absolute atomic E-state index is 0.140. The summed E-state index contributed by atoms with van der Waals surface area (Å²) in [4.78, 5) is 20.2. The van der Waals surface area contributed by atoms with Crippen molar-refractivity contribution in [1.82, 2.24) is 0 Å². The smallest absolute Gasteiger partial charge is 0.426 e. The highest BCUT2D eigenvalue weighted by atomic mass is 32.2. The first-order valence-corrected chi connectivity index (χ1v) is 22.2. The summed E-state index contributed by atoms with van der Waals surface area (Å²) in [5, 5.41) is 59.0. The van der Waals surface area contributed by atoms with Crippen molar-refractivity contribution < 1.29 is 62.7 Å². The van der Waals surface area contributed by atoms with Crippen LogP contribution in [-0.4, -0.2) is 53.1 Å². The fraction of sp³-hybridized carbons (Fsp3) is 0.0750. The number of rotatable bonds is 12. The molecule has 20 nitrogen and oxygen atoms in total. The van der Waals surface area contributed by atoms with Crippen molar-refractivity contribution in [2.75, 3.05) is 6.61 Å². The number of nitrogens with zero attached hydrogens (tertiary/aromatic N) is 6. The highest BCUT2D eigenvalue weighted by Crippen LogP contribution is 2.46. The molecule has 3 N–H and O–H groups in total. The molecule has 0 saturated carbocycles. The first-order chi connectivity index (χ1) is 30.0. The van der Waals surface area contributed by atoms with E-state index < -0.39 is 91.1 Å². The van der Waals surface area contributed by atoms with E-state index in [2.05, 4.69) is 14.9 Å². The molecule has 0 amide bonds. The molecular formula is C40H27N6O14S3+3. The molecule has 7 aromatic carbocycles. The highest BCUT2D eigenvalue weighted by Gasteiger charge is 2.34. The Balaban J connectivity index is 1.48. The van der Waals surface area contributed by atoms with Crippen LogP contribution >= 0.6 is 0 Å². The lowest BCUT2D eigenvalue weighted by Gasteiger charge is -2.19. The van der Waals surface area contributed by atoms with Gasteiger partial charge in [-0.15, -0.1) is 0 Å². The maximum absolute atomic E-state index is 14.4. The van der Waals surface area contributed by atoms with Crippen LogP contribution in [0.1, 0.15) is 23.7 Å². The van der Waals surface area contributed by atoms with Crippen molar-refractivity contribution >= 4 is 85.7 Å². The number of diazo groups is 3. The molecule has 0 bridgehead atoms. The molecule has 0 saturated heterocycles. The third kappa shape index (κ3) is 7.79. The van der Waals surface area contributed by atoms with E-state index in [0.717, 1.165) is 54.6 Å². The zero-order valence-electron chi connectivity index (χ0n) is 32.0. The minimum atomic E-state index is -5.31. The normalized spacial score (nSPS) is 11.7. The Hall–Kier alpha value is -8.30. The lowest BCUT2D eigenvalue weighted by Crippen LogP contribution is -2.18. The van der Waals surface area contributed by atoms with Crippen LogP contribution in [0.25, 0.3) is 47.2 Å². The van der Waals surface area contributed by atoms with Crippen molar-refractivity contribution in [2.24, 2.45) is 0 Å². The summed E-state index contributed by atoms with van der Waals surface area (Å²) in [5.74, 6) is -6.64. The van der Waals surface area contributed by atoms with E-state index >= 15 is 0 Å². The number of aromatic hydroxyl groups is 3. The summed E-state index contributed by atoms with van der Waals surface area (Å²) in [6.45, 7) is 1.47. The number of carbonyl (C=O) groups is 1. The Labute approximate surface area is 355 Å². The van der Waals surface area contributed by atoms with Gasteiger partial charge in [0.15, 0.2) is 26.4 Å². The summed E-state index contributed by atoms with van der Waals surface area (Å²) in [6, 6.07) is 18.5. The van der Waals surface area contributed by atoms with E-state index in [1.54, 1.807) is 6.92 Å². The molecule has 0 radical (unpaired) electrons. The van der Waals surface area contributed by atoms with Crippen LogP contribution in [0.5, 0.6) is 34.5 Å². The molecular weight excluding hydrogens is 885 g/mol. The third-order valence-electron chi connectivity index (χ3n) is 9.33. The Morgan fingerprint density at radius 2 is 0.873 bits per heavy atom. The van der Waals surface area contributed by atoms with Gasteiger partial charge in [0.25, 0.3) is 0 Å². The van der Waals surface area contributed by atoms with Gasteiger partial charge in [-0.3, -0.25) is 0 Å². The number of carbonyl (C=O) groups excluding carboxylic acids is 1. The topological polar surface area (TPSA) is 302 Å². The predicted octanol–water partition coefficient (Wildman–Crippen LogP) is 8.59. The third-order valence-corrected chi connectivity index (χ3v) is 13.2. The lowest BCUT2D eigenvalue weighted by molar-refractivity contribution is 0.0504. The first-order valence-electron chi connectivity index (χ1n) is 17.9. The second-order valence-electron chi connectivity index (χ2n) is 13.2. The molecule has 0 unspecified atom stereocenters. The number of esters is 1. The Morgan fingerprint density at radius 1 is 0.524 bits per heavy atom. The second kappa shape index (κ2) is 16.3. The first kappa shape index (κ1) is 42.8. The summed E-state index contributed by atoms with van der Waals surface area (Å²) in [7, 11) is -15.8. The van der Waals surface area contributed by atoms with E-state index in [1.807, 2.05) is 0 Å². The van der Waals surface area contributed by atoms with Crippen LogP contribution in [-0.2, 0) is 35.1 Å². The number of hydrogen-bond donors (Lipinski definition) is 3. The molecule has 0 heterocycles. The van der Waals surface area contributed by atoms with Crippen LogP contribution in [0.4, 0.5) is 17.1 Å². The van der Waals surface area contributed by atoms with Crippen molar-refractivity contribution in [3.05, 3.63) is 124 Å². The van der Waals surface area contributed by atoms with Crippen LogP contribution in [0.15, 0.2) is 118 Å². The minimum Gasteiger partial charge on any atom is -0.501 e. The summed E-state index contributed by atoms with van der Waals surface area (Å²) in [6.07, 6.45) is 0.299. The van der Waals surface area contributed by atoms with Gasteiger partial charge >= 0.3 is 53.4 Å². The van der Waals surface area contributed by atoms with Gasteiger partial charge in [-0.1, -0.05) is 43.3 Å². The van der Waals surface area contributed by atoms with Gasteiger partial charge in [0, 0.05) is 62.6 Å². The maximum atomic E-state index is 14.4. The SMILES string of the molecule is CCCOC(=O)c1cc(OS(=O)(=O)c2cccc3c(O)c([N+]#N)ccc23)c(OS(=O)(=O)c2cccc3c(O)c([N+]#N)ccc23)c(OS(=O)(=O)c2cccc3c(O)c([N+]#N)ccc23)c1. The maximum Gasteiger partial charge on any atom is 0.426 e. The van der Waals surface area contributed by atoms with E-state index in [-0.39, 0.29) is 56.0 Å². The van der Waals surface area contributed by atoms with E-state index in [4.69, 9.17) is 17.3 Å². The molecule has 7 aromatic rings. The molecule has 0 fully saturated rings. The zero-order valence-corrected chi connectivity index (χ0v) is 34.4. The van der Waals surface area contributed by atoms with Gasteiger partial charge in [0.05, 0.1) is 12.2 Å². The standard InChI is InChI=1S/C40H24N6O14S3/c1-2-18-57-40(50)21-19-31(58-61(51,52)33-9-3-6-25-22(33)12-15-28(44-41)36(25)47)39(60-63(55,56)35-11-5-8-27-24(35)14-17-30(46-43)38(27)49)32(20-21)59-62(53,54)34-10-4-7-26-23(34)13-16-29(45-42)37(26)48/h3-17,19-20H,2,18H2,1H3/p+3. The number of phenols is 3. The lowest BCUT2D eigenvalue weighted by atomic mass is 10.1. The Morgan fingerprint density at radius 3 is 1.21 bits per heavy atom. The van der Waals surface area contributed by atoms with Gasteiger partial charge in [0.1, 0.15) is 14.7 Å². The summed E-state index contributed by atoms with van der Waals surface area (Å²) < 4.78 is 108. The molecule has 0 aliphatic rings. The van der Waals surface area contributed by atoms with Crippen LogP contribution < -0.4 is 12.5 Å². The van der Waals surface area contributed by atoms with Gasteiger partial charge < -0.3 is 32.6 Å². The molecule has 0 aliphatic carbocycles. The zero-order chi connectivity index (χ0) is 45.4. The highest BCUT2D eigenvalue weighted by molar-refractivity contribution is 7.88. The molecule has 0 aromatic heterocycles. The quantitative estimate of drug-likeness (QED) is 0.0587. The van der Waals surface area contributed by atoms with Gasteiger partial charge in [-0.25, -0.2) is 4.79 Å². The number of benzene rings is 7. The monoisotopic (exact) mass is 911 g/mol. The van der Waals surface area contributed by atoms with Crippen molar-refractivity contribution in [3.63, 3.8) is 0 Å². The molecule has 316 valence electrons. The van der Waals surface area contributed by atoms with Gasteiger partial charge in [-0.05, 0) is 42.8 Å². The summed E-state index contributed by atoms with van der Waals surface area (Å²) in [5.41, 5.74) is -1.62. The van der Waals surface area contributed by atoms with Gasteiger partial charge in [0.2, 0.25) is 39.2 Å². The fourth-order valence-corrected chi connectivity index (χ4v) is 9.91. The fourth-order valence-electron chi connectivity index (χ4n) is 6.46. The van der Waals surface area contributed by atoms with Crippen molar-refractivity contribution in [3.8, 4) is 34.5 Å². The largest absolute Gasteiger partial charge is 0.501 e. The van der Waals surface area contributed by atoms with Crippen LogP contribution in [0.2, 0.25) is 0 Å². The molecule has 63 heavy (non-hydrogen) atoms. The number of phenolic OH excluding ortho intramolecular Hbond substituents is 3. The average molecular weight is 912 g/mol. The molecule has 0 atom stereocenters. The number of hydrogen-bond acceptors (Lipinski definition) is 17. The Bertz CT molecular complexity index is 3430. The van der Waals surface area contributed by atoms with Crippen molar-refractivity contribution in [1.29, 1.82) is 16.2 Å². The number of fused-ring (bicyclic) bond motifs is 3. The second-order valence-corrected chi connectivity index (χ2v) is 17.7. The molecule has 7 rings (SSSR count). The van der Waals surface area contributed by atoms with E-state index in [0.29, 0.717) is 18.6 Å². The number of ether oxygens (including phenoxy) is 1. The van der Waals surface area contributed by atoms with Crippen LogP contribution in [0.3, 0.4) is 0 Å². The molecule has 0 spiro atoms. The van der Waals surface area contributed by atoms with E-state index in [9.17, 15) is 61.5 Å². The van der Waals surface area contributed by atoms with Gasteiger partial charge in [-0.2, -0.15) is 25.3 Å². The van der Waals surface area contributed by atoms with E-state index in [1.165, 1.54) is 36.4 Å². The summed E-state index contributed by atoms with van der Waals surface area (Å²) >= 11 is 0. The van der Waals surface area contributed by atoms with Crippen molar-refractivity contribution in [2.45, 2.75) is 28.0 Å².